The molecule has 0 bridgehead atoms. The van der Waals surface area contributed by atoms with E-state index in [2.05, 4.69) is 29.7 Å². The molecule has 13 heteroatoms. The number of azide groups is 1. The number of benzene rings is 1. The first kappa shape index (κ1) is 38.5. The Balaban J connectivity index is 2.34. The Morgan fingerprint density at radius 1 is 1.11 bits per heavy atom. The third kappa shape index (κ3) is 13.3. The fourth-order valence-electron chi connectivity index (χ4n) is 4.76. The number of ether oxygens (including phenoxy) is 6. The molecule has 0 amide bonds. The molecule has 0 spiro atoms. The lowest BCUT2D eigenvalue weighted by Crippen LogP contribution is -2.34. The van der Waals surface area contributed by atoms with Gasteiger partial charge in [0.2, 0.25) is 0 Å². The number of hydrogen-bond donors (Lipinski definition) is 2. The van der Waals surface area contributed by atoms with Gasteiger partial charge < -0.3 is 38.6 Å². The lowest BCUT2D eigenvalue weighted by Gasteiger charge is -2.22. The highest BCUT2D eigenvalue weighted by Gasteiger charge is 2.43. The van der Waals surface area contributed by atoms with Gasteiger partial charge in [-0.15, -0.1) is 0 Å². The summed E-state index contributed by atoms with van der Waals surface area (Å²) in [7, 11) is 0.0584. The Hall–Kier alpha value is -2.64. The van der Waals surface area contributed by atoms with Crippen molar-refractivity contribution in [3.63, 3.8) is 0 Å². The standard InChI is InChI=1S/C32H53N3O9Si/c1-22(23(2)36)13-14-25(37)30-28(43-32(3,4)44-30)12-9-11-24-26(40-18-10-17-34-35-33)15-16-27(42-21-39-5)29(24)31(38)41-19-20-45(6,7)8/h13-16,22-23,25,28,30,36-37H,9-12,17-21H2,1-8H3/t22-,23+,25?,28+,30-/m1/s1. The molecule has 1 aliphatic heterocycles. The second-order valence-electron chi connectivity index (χ2n) is 13.1. The number of methoxy groups -OCH3 is 1. The van der Waals surface area contributed by atoms with Crippen LogP contribution in [0.3, 0.4) is 0 Å². The fraction of sp³-hybridized carbons (Fsp3) is 0.719. The van der Waals surface area contributed by atoms with Gasteiger partial charge in [-0.25, -0.2) is 4.79 Å². The van der Waals surface area contributed by atoms with Crippen LogP contribution >= 0.6 is 0 Å². The topological polar surface area (TPSA) is 162 Å². The fourth-order valence-corrected chi connectivity index (χ4v) is 5.47. The third-order valence-corrected chi connectivity index (χ3v) is 9.13. The zero-order chi connectivity index (χ0) is 33.6. The van der Waals surface area contributed by atoms with E-state index in [1.54, 1.807) is 31.2 Å². The molecule has 0 aromatic heterocycles. The van der Waals surface area contributed by atoms with E-state index in [-0.39, 0.29) is 31.4 Å². The van der Waals surface area contributed by atoms with Crippen LogP contribution in [0.5, 0.6) is 11.5 Å². The molecule has 12 nitrogen and oxygen atoms in total. The Labute approximate surface area is 268 Å². The number of aliphatic hydroxyl groups excluding tert-OH is 2. The normalized spacial score (nSPS) is 20.0. The van der Waals surface area contributed by atoms with E-state index in [0.717, 1.165) is 6.04 Å². The molecule has 1 fully saturated rings. The molecule has 45 heavy (non-hydrogen) atoms. The van der Waals surface area contributed by atoms with Crippen LogP contribution in [0.25, 0.3) is 10.4 Å². The van der Waals surface area contributed by atoms with Crippen LogP contribution in [0, 0.1) is 5.92 Å². The molecule has 5 atom stereocenters. The van der Waals surface area contributed by atoms with Gasteiger partial charge in [0, 0.05) is 32.2 Å². The second-order valence-corrected chi connectivity index (χ2v) is 18.7. The molecular formula is C32H53N3O9Si. The first-order chi connectivity index (χ1) is 21.2. The van der Waals surface area contributed by atoms with Crippen molar-refractivity contribution in [3.05, 3.63) is 45.9 Å². The molecule has 1 aromatic carbocycles. The Morgan fingerprint density at radius 3 is 2.47 bits per heavy atom. The average molecular weight is 652 g/mol. The molecule has 2 N–H and O–H groups in total. The van der Waals surface area contributed by atoms with Crippen molar-refractivity contribution < 1.29 is 43.4 Å². The van der Waals surface area contributed by atoms with Gasteiger partial charge in [-0.2, -0.15) is 0 Å². The zero-order valence-corrected chi connectivity index (χ0v) is 29.2. The van der Waals surface area contributed by atoms with E-state index in [0.29, 0.717) is 49.4 Å². The molecule has 0 saturated carbocycles. The summed E-state index contributed by atoms with van der Waals surface area (Å²) in [4.78, 5) is 16.4. The summed E-state index contributed by atoms with van der Waals surface area (Å²) in [6.45, 7) is 14.7. The van der Waals surface area contributed by atoms with Gasteiger partial charge in [0.05, 0.1) is 25.4 Å². The summed E-state index contributed by atoms with van der Waals surface area (Å²) in [6.07, 6.45) is 2.93. The number of carbonyl (C=O) groups is 1. The molecule has 1 aromatic rings. The lowest BCUT2D eigenvalue weighted by molar-refractivity contribution is -0.152. The SMILES string of the molecule is COCOc1ccc(OCCCN=[N+]=[N-])c(CCC[C@@H]2OC(C)(C)O[C@@H]2C(O)C=C[C@@H](C)[C@H](C)O)c1C(=O)OCC[Si](C)(C)C. The largest absolute Gasteiger partial charge is 0.493 e. The number of carbonyl (C=O) groups excluding carboxylic acids is 1. The second kappa shape index (κ2) is 18.5. The monoisotopic (exact) mass is 651 g/mol. The van der Waals surface area contributed by atoms with Crippen LogP contribution in [0.1, 0.15) is 62.9 Å². The predicted octanol–water partition coefficient (Wildman–Crippen LogP) is 6.02. The molecule has 1 heterocycles. The average Bonchev–Trinajstić information content (AvgIpc) is 3.28. The Bertz CT molecular complexity index is 1150. The van der Waals surface area contributed by atoms with Gasteiger partial charge >= 0.3 is 5.97 Å². The minimum atomic E-state index is -1.45. The van der Waals surface area contributed by atoms with Crippen molar-refractivity contribution in [1.82, 2.24) is 0 Å². The van der Waals surface area contributed by atoms with Crippen molar-refractivity contribution in [2.24, 2.45) is 11.0 Å². The van der Waals surface area contributed by atoms with Crippen molar-refractivity contribution >= 4 is 14.0 Å². The molecule has 1 aliphatic rings. The van der Waals surface area contributed by atoms with Crippen LogP contribution in [-0.2, 0) is 25.4 Å². The highest BCUT2D eigenvalue weighted by atomic mass is 28.3. The number of hydrogen-bond acceptors (Lipinski definition) is 10. The predicted molar refractivity (Wildman–Crippen MR) is 174 cm³/mol. The molecule has 1 unspecified atom stereocenters. The summed E-state index contributed by atoms with van der Waals surface area (Å²) in [5.41, 5.74) is 9.50. The van der Waals surface area contributed by atoms with E-state index in [4.69, 9.17) is 34.0 Å². The summed E-state index contributed by atoms with van der Waals surface area (Å²) < 4.78 is 35.0. The molecular weight excluding hydrogens is 598 g/mol. The van der Waals surface area contributed by atoms with Crippen molar-refractivity contribution in [2.45, 2.75) is 109 Å². The molecule has 0 aliphatic carbocycles. The number of aliphatic hydroxyl groups is 2. The van der Waals surface area contributed by atoms with Gasteiger partial charge in [0.1, 0.15) is 29.3 Å². The highest BCUT2D eigenvalue weighted by Crippen LogP contribution is 2.36. The van der Waals surface area contributed by atoms with Gasteiger partial charge in [0.25, 0.3) is 0 Å². The van der Waals surface area contributed by atoms with Gasteiger partial charge in [-0.05, 0) is 76.1 Å². The number of nitrogens with zero attached hydrogens (tertiary/aromatic N) is 3. The lowest BCUT2D eigenvalue weighted by atomic mass is 9.96. The Kier molecular flexibility index (Phi) is 15.8. The first-order valence-corrected chi connectivity index (χ1v) is 19.4. The third-order valence-electron chi connectivity index (χ3n) is 7.42. The van der Waals surface area contributed by atoms with Crippen molar-refractivity contribution in [2.75, 3.05) is 33.7 Å². The summed E-state index contributed by atoms with van der Waals surface area (Å²) in [6, 6.07) is 4.25. The van der Waals surface area contributed by atoms with E-state index in [9.17, 15) is 15.0 Å². The molecule has 1 saturated heterocycles. The van der Waals surface area contributed by atoms with Crippen LogP contribution in [0.15, 0.2) is 29.4 Å². The molecule has 0 radical (unpaired) electrons. The maximum atomic E-state index is 13.6. The zero-order valence-electron chi connectivity index (χ0n) is 28.2. The van der Waals surface area contributed by atoms with Gasteiger partial charge in [0.15, 0.2) is 12.6 Å². The van der Waals surface area contributed by atoms with Crippen LogP contribution < -0.4 is 9.47 Å². The quantitative estimate of drug-likeness (QED) is 0.0251. The maximum absolute atomic E-state index is 13.6. The minimum absolute atomic E-state index is 0.0515. The minimum Gasteiger partial charge on any atom is -0.493 e. The van der Waals surface area contributed by atoms with Gasteiger partial charge in [-0.3, -0.25) is 0 Å². The summed E-state index contributed by atoms with van der Waals surface area (Å²) >= 11 is 0. The van der Waals surface area contributed by atoms with E-state index >= 15 is 0 Å². The summed E-state index contributed by atoms with van der Waals surface area (Å²) in [5, 5.41) is 24.3. The van der Waals surface area contributed by atoms with Crippen LogP contribution in [0.4, 0.5) is 0 Å². The van der Waals surface area contributed by atoms with Crippen molar-refractivity contribution in [1.29, 1.82) is 0 Å². The Morgan fingerprint density at radius 2 is 1.82 bits per heavy atom. The molecule has 2 rings (SSSR count). The molecule has 254 valence electrons. The van der Waals surface area contributed by atoms with Crippen LogP contribution in [0.2, 0.25) is 25.7 Å². The van der Waals surface area contributed by atoms with Gasteiger partial charge in [-0.1, -0.05) is 43.8 Å². The first-order valence-electron chi connectivity index (χ1n) is 15.7. The number of rotatable bonds is 20. The number of esters is 1. The van der Waals surface area contributed by atoms with E-state index in [1.165, 1.54) is 7.11 Å². The van der Waals surface area contributed by atoms with Crippen molar-refractivity contribution in [3.8, 4) is 11.5 Å². The van der Waals surface area contributed by atoms with E-state index < -0.39 is 44.2 Å². The summed E-state index contributed by atoms with van der Waals surface area (Å²) in [5.74, 6) is -0.678. The highest BCUT2D eigenvalue weighted by molar-refractivity contribution is 6.76. The van der Waals surface area contributed by atoms with Crippen LogP contribution in [-0.4, -0.2) is 88.1 Å². The maximum Gasteiger partial charge on any atom is 0.342 e. The smallest absolute Gasteiger partial charge is 0.342 e. The van der Waals surface area contributed by atoms with E-state index in [1.807, 2.05) is 20.8 Å².